The second-order valence-corrected chi connectivity index (χ2v) is 8.59. The molecule has 1 amide bonds. The monoisotopic (exact) mass is 472 g/mol. The first-order valence-corrected chi connectivity index (χ1v) is 11.7. The molecule has 0 radical (unpaired) electrons. The van der Waals surface area contributed by atoms with Gasteiger partial charge in [0, 0.05) is 69.2 Å². The van der Waals surface area contributed by atoms with E-state index >= 15 is 0 Å². The molecule has 1 aliphatic rings. The number of carbonyl (C=O) groups excluding carboxylic acids is 1. The molecule has 1 unspecified atom stereocenters. The van der Waals surface area contributed by atoms with Crippen LogP contribution in [0, 0.1) is 0 Å². The van der Waals surface area contributed by atoms with Crippen LogP contribution in [-0.4, -0.2) is 75.3 Å². The summed E-state index contributed by atoms with van der Waals surface area (Å²) in [5, 5.41) is 7.89. The highest BCUT2D eigenvalue weighted by Crippen LogP contribution is 2.26. The Morgan fingerprint density at radius 1 is 1.09 bits per heavy atom. The van der Waals surface area contributed by atoms with E-state index in [0.717, 1.165) is 47.5 Å². The molecule has 35 heavy (non-hydrogen) atoms. The Labute approximate surface area is 203 Å². The molecule has 5 rings (SSSR count). The number of carbonyl (C=O) groups is 1. The van der Waals surface area contributed by atoms with Gasteiger partial charge in [0.05, 0.1) is 16.9 Å². The quantitative estimate of drug-likeness (QED) is 0.440. The molecule has 9 heteroatoms. The third kappa shape index (κ3) is 5.31. The van der Waals surface area contributed by atoms with E-state index in [0.29, 0.717) is 24.7 Å². The summed E-state index contributed by atoms with van der Waals surface area (Å²) in [5.41, 5.74) is 3.78. The number of aromatic nitrogens is 4. The van der Waals surface area contributed by atoms with Crippen molar-refractivity contribution in [3.05, 3.63) is 66.6 Å². The zero-order chi connectivity index (χ0) is 24.2. The summed E-state index contributed by atoms with van der Waals surface area (Å²) in [4.78, 5) is 25.7. The number of rotatable bonds is 7. The second-order valence-electron chi connectivity index (χ2n) is 8.59. The molecule has 180 valence electrons. The molecule has 4 heterocycles. The van der Waals surface area contributed by atoms with Gasteiger partial charge in [-0.2, -0.15) is 5.10 Å². The number of aromatic amines is 1. The van der Waals surface area contributed by atoms with Gasteiger partial charge in [0.15, 0.2) is 0 Å². The Kier molecular flexibility index (Phi) is 6.69. The van der Waals surface area contributed by atoms with E-state index < -0.39 is 6.10 Å². The minimum absolute atomic E-state index is 0.0537. The van der Waals surface area contributed by atoms with Crippen molar-refractivity contribution < 1.29 is 14.3 Å². The first-order valence-electron chi connectivity index (χ1n) is 11.7. The van der Waals surface area contributed by atoms with Crippen LogP contribution in [0.4, 0.5) is 0 Å². The van der Waals surface area contributed by atoms with Gasteiger partial charge in [-0.3, -0.25) is 19.8 Å². The molecule has 4 aromatic rings. The van der Waals surface area contributed by atoms with Crippen LogP contribution in [0.5, 0.6) is 11.6 Å². The van der Waals surface area contributed by atoms with Gasteiger partial charge in [0.2, 0.25) is 5.88 Å². The number of methoxy groups -OCH3 is 1. The summed E-state index contributed by atoms with van der Waals surface area (Å²) in [6.45, 7) is 5.60. The third-order valence-electron chi connectivity index (χ3n) is 6.26. The van der Waals surface area contributed by atoms with Crippen molar-refractivity contribution in [2.45, 2.75) is 19.6 Å². The molecule has 1 aromatic carbocycles. The molecule has 0 bridgehead atoms. The van der Waals surface area contributed by atoms with Crippen molar-refractivity contribution in [1.29, 1.82) is 0 Å². The van der Waals surface area contributed by atoms with Crippen molar-refractivity contribution >= 4 is 16.8 Å². The number of amides is 1. The lowest BCUT2D eigenvalue weighted by atomic mass is 10.2. The number of piperazine rings is 1. The predicted octanol–water partition coefficient (Wildman–Crippen LogP) is 3.49. The van der Waals surface area contributed by atoms with Crippen LogP contribution in [0.2, 0.25) is 0 Å². The number of hydrogen-bond donors (Lipinski definition) is 1. The first kappa shape index (κ1) is 22.9. The van der Waals surface area contributed by atoms with E-state index in [-0.39, 0.29) is 5.91 Å². The van der Waals surface area contributed by atoms with Gasteiger partial charge in [-0.15, -0.1) is 0 Å². The van der Waals surface area contributed by atoms with Crippen molar-refractivity contribution in [2.24, 2.45) is 0 Å². The zero-order valence-electron chi connectivity index (χ0n) is 19.8. The number of ether oxygens (including phenoxy) is 2. The number of nitrogens with zero attached hydrogens (tertiary/aromatic N) is 5. The number of fused-ring (bicyclic) bond motifs is 1. The molecular formula is C26H28N6O3. The SMILES string of the molecule is COC(C)C(=O)N1CCN(Cc2ccc3cc(Oc4ccc(-c5ccn[nH]5)cn4)ccc3n2)CC1. The molecule has 1 fully saturated rings. The van der Waals surface area contributed by atoms with Gasteiger partial charge in [-0.05, 0) is 43.3 Å². The molecular weight excluding hydrogens is 444 g/mol. The van der Waals surface area contributed by atoms with E-state index in [1.807, 2.05) is 47.4 Å². The van der Waals surface area contributed by atoms with Crippen LogP contribution in [0.3, 0.4) is 0 Å². The molecule has 1 saturated heterocycles. The Bertz CT molecular complexity index is 1280. The maximum absolute atomic E-state index is 12.3. The average molecular weight is 473 g/mol. The van der Waals surface area contributed by atoms with Gasteiger partial charge in [0.1, 0.15) is 11.9 Å². The molecule has 9 nitrogen and oxygen atoms in total. The fourth-order valence-corrected chi connectivity index (χ4v) is 4.15. The van der Waals surface area contributed by atoms with E-state index in [2.05, 4.69) is 26.1 Å². The number of pyridine rings is 2. The minimum Gasteiger partial charge on any atom is -0.439 e. The first-order chi connectivity index (χ1) is 17.1. The van der Waals surface area contributed by atoms with Crippen LogP contribution in [-0.2, 0) is 16.1 Å². The standard InChI is InChI=1S/C26H28N6O3/c1-18(34-2)26(33)32-13-11-31(12-14-32)17-21-5-3-19-15-22(6-7-23(19)29-21)35-25-8-4-20(16-27-25)24-9-10-28-30-24/h3-10,15-16,18H,11-14,17H2,1-2H3,(H,28,30). The van der Waals surface area contributed by atoms with E-state index in [9.17, 15) is 4.79 Å². The molecule has 3 aromatic heterocycles. The third-order valence-corrected chi connectivity index (χ3v) is 6.26. The fourth-order valence-electron chi connectivity index (χ4n) is 4.15. The highest BCUT2D eigenvalue weighted by atomic mass is 16.5. The molecule has 0 saturated carbocycles. The Morgan fingerprint density at radius 2 is 1.94 bits per heavy atom. The summed E-state index contributed by atoms with van der Waals surface area (Å²) in [6.07, 6.45) is 3.07. The summed E-state index contributed by atoms with van der Waals surface area (Å²) in [5.74, 6) is 1.28. The zero-order valence-corrected chi connectivity index (χ0v) is 19.8. The second kappa shape index (κ2) is 10.2. The number of hydrogen-bond acceptors (Lipinski definition) is 7. The lowest BCUT2D eigenvalue weighted by molar-refractivity contribution is -0.142. The Hall–Kier alpha value is -3.82. The molecule has 0 aliphatic carbocycles. The topological polar surface area (TPSA) is 96.5 Å². The van der Waals surface area contributed by atoms with Crippen molar-refractivity contribution in [3.63, 3.8) is 0 Å². The normalized spacial score (nSPS) is 15.3. The van der Waals surface area contributed by atoms with Gasteiger partial charge in [-0.25, -0.2) is 4.98 Å². The minimum atomic E-state index is -0.394. The number of H-pyrrole nitrogens is 1. The fraction of sp³-hybridized carbons (Fsp3) is 0.308. The highest BCUT2D eigenvalue weighted by molar-refractivity contribution is 5.81. The lowest BCUT2D eigenvalue weighted by Crippen LogP contribution is -2.51. The van der Waals surface area contributed by atoms with Crippen molar-refractivity contribution in [3.8, 4) is 22.9 Å². The van der Waals surface area contributed by atoms with Crippen LogP contribution in [0.15, 0.2) is 60.9 Å². The van der Waals surface area contributed by atoms with Crippen molar-refractivity contribution in [1.82, 2.24) is 30.0 Å². The summed E-state index contributed by atoms with van der Waals surface area (Å²) >= 11 is 0. The molecule has 1 atom stereocenters. The predicted molar refractivity (Wildman–Crippen MR) is 132 cm³/mol. The molecule has 1 N–H and O–H groups in total. The molecule has 0 spiro atoms. The van der Waals surface area contributed by atoms with Crippen LogP contribution in [0.25, 0.3) is 22.2 Å². The largest absolute Gasteiger partial charge is 0.439 e. The van der Waals surface area contributed by atoms with Gasteiger partial charge >= 0.3 is 0 Å². The summed E-state index contributed by atoms with van der Waals surface area (Å²) < 4.78 is 11.1. The summed E-state index contributed by atoms with van der Waals surface area (Å²) in [6, 6.07) is 15.6. The van der Waals surface area contributed by atoms with Gasteiger partial charge < -0.3 is 14.4 Å². The van der Waals surface area contributed by atoms with E-state index in [4.69, 9.17) is 14.5 Å². The maximum atomic E-state index is 12.3. The van der Waals surface area contributed by atoms with Crippen LogP contribution in [0.1, 0.15) is 12.6 Å². The molecule has 1 aliphatic heterocycles. The number of benzene rings is 1. The summed E-state index contributed by atoms with van der Waals surface area (Å²) in [7, 11) is 1.57. The van der Waals surface area contributed by atoms with E-state index in [1.165, 1.54) is 0 Å². The van der Waals surface area contributed by atoms with E-state index in [1.54, 1.807) is 26.4 Å². The van der Waals surface area contributed by atoms with Gasteiger partial charge in [-0.1, -0.05) is 6.07 Å². The van der Waals surface area contributed by atoms with Gasteiger partial charge in [0.25, 0.3) is 5.91 Å². The Balaban J connectivity index is 1.20. The Morgan fingerprint density at radius 3 is 2.66 bits per heavy atom. The number of nitrogens with one attached hydrogen (secondary N) is 1. The van der Waals surface area contributed by atoms with Crippen molar-refractivity contribution in [2.75, 3.05) is 33.3 Å². The van der Waals surface area contributed by atoms with Crippen LogP contribution >= 0.6 is 0 Å². The lowest BCUT2D eigenvalue weighted by Gasteiger charge is -2.35. The average Bonchev–Trinajstić information content (AvgIpc) is 3.44. The van der Waals surface area contributed by atoms with Crippen LogP contribution < -0.4 is 4.74 Å². The smallest absolute Gasteiger partial charge is 0.251 e. The highest BCUT2D eigenvalue weighted by Gasteiger charge is 2.24. The maximum Gasteiger partial charge on any atom is 0.251 e.